The number of imidazole rings is 1. The van der Waals surface area contributed by atoms with Crippen LogP contribution in [0.25, 0.3) is 5.69 Å². The number of aryl methyl sites for hydroxylation is 1. The molecule has 2 fully saturated rings. The SMILES string of the molecule is Cc1nccn1-c1cc(F)cc(CC2CCC(C(=O)N3OCC[C@H]3c3cncc(C#N)c3)CC2)c1. The Morgan fingerprint density at radius 2 is 2.00 bits per heavy atom. The molecule has 1 aliphatic heterocycles. The van der Waals surface area contributed by atoms with Gasteiger partial charge in [-0.1, -0.05) is 0 Å². The Hall–Kier alpha value is -3.57. The molecule has 0 N–H and O–H groups in total. The molecule has 35 heavy (non-hydrogen) atoms. The van der Waals surface area contributed by atoms with E-state index in [0.717, 1.165) is 54.7 Å². The molecule has 0 bridgehead atoms. The highest BCUT2D eigenvalue weighted by atomic mass is 19.1. The Kier molecular flexibility index (Phi) is 6.60. The average molecular weight is 474 g/mol. The van der Waals surface area contributed by atoms with Crippen molar-refractivity contribution < 1.29 is 14.0 Å². The molecule has 5 rings (SSSR count). The van der Waals surface area contributed by atoms with Gasteiger partial charge < -0.3 is 4.57 Å². The monoisotopic (exact) mass is 473 g/mol. The lowest BCUT2D eigenvalue weighted by atomic mass is 9.78. The molecule has 7 nitrogen and oxygen atoms in total. The van der Waals surface area contributed by atoms with Gasteiger partial charge in [-0.3, -0.25) is 14.6 Å². The minimum absolute atomic E-state index is 0.0111. The minimum Gasteiger partial charge on any atom is -0.304 e. The van der Waals surface area contributed by atoms with Crippen LogP contribution in [0.5, 0.6) is 0 Å². The van der Waals surface area contributed by atoms with E-state index in [2.05, 4.69) is 16.0 Å². The van der Waals surface area contributed by atoms with Gasteiger partial charge in [0.2, 0.25) is 5.91 Å². The smallest absolute Gasteiger partial charge is 0.249 e. The van der Waals surface area contributed by atoms with E-state index in [1.165, 1.54) is 17.3 Å². The summed E-state index contributed by atoms with van der Waals surface area (Å²) in [6.07, 6.45) is 11.7. The van der Waals surface area contributed by atoms with Gasteiger partial charge in [-0.25, -0.2) is 14.4 Å². The van der Waals surface area contributed by atoms with E-state index in [1.54, 1.807) is 24.5 Å². The number of nitrogens with zero attached hydrogens (tertiary/aromatic N) is 5. The second kappa shape index (κ2) is 9.96. The van der Waals surface area contributed by atoms with Gasteiger partial charge in [-0.15, -0.1) is 0 Å². The standard InChI is InChI=1S/C27H28FN5O2/c1-18-31-7-8-32(18)25-13-20(12-24(28)14-25)10-19-2-4-22(5-3-19)27(34)33-26(6-9-35-33)23-11-21(15-29)16-30-17-23/h7-8,11-14,16-17,19,22,26H,2-6,9-10H2,1H3/t19?,22?,26-/m0/s1. The largest absolute Gasteiger partial charge is 0.304 e. The molecule has 1 atom stereocenters. The summed E-state index contributed by atoms with van der Waals surface area (Å²) in [5, 5.41) is 10.7. The second-order valence-electron chi connectivity index (χ2n) is 9.50. The summed E-state index contributed by atoms with van der Waals surface area (Å²) in [6.45, 7) is 2.37. The van der Waals surface area contributed by atoms with Gasteiger partial charge in [0.1, 0.15) is 17.7 Å². The number of hydroxylamine groups is 2. The molecule has 2 aliphatic rings. The van der Waals surface area contributed by atoms with Crippen LogP contribution in [0, 0.1) is 35.9 Å². The van der Waals surface area contributed by atoms with Crippen LogP contribution in [-0.4, -0.2) is 32.1 Å². The number of amides is 1. The number of aromatic nitrogens is 3. The van der Waals surface area contributed by atoms with Crippen LogP contribution in [0.1, 0.15) is 60.7 Å². The molecule has 0 radical (unpaired) electrons. The summed E-state index contributed by atoms with van der Waals surface area (Å²) < 4.78 is 16.2. The van der Waals surface area contributed by atoms with Gasteiger partial charge in [0.05, 0.1) is 18.2 Å². The van der Waals surface area contributed by atoms with Crippen LogP contribution in [0.2, 0.25) is 0 Å². The van der Waals surface area contributed by atoms with E-state index in [4.69, 9.17) is 4.84 Å². The van der Waals surface area contributed by atoms with Gasteiger partial charge in [-0.05, 0) is 80.3 Å². The van der Waals surface area contributed by atoms with E-state index < -0.39 is 0 Å². The van der Waals surface area contributed by atoms with Crippen molar-refractivity contribution in [2.75, 3.05) is 6.61 Å². The number of nitriles is 1. The Morgan fingerprint density at radius 3 is 2.74 bits per heavy atom. The van der Waals surface area contributed by atoms with E-state index in [1.807, 2.05) is 23.8 Å². The molecule has 1 aromatic carbocycles. The zero-order chi connectivity index (χ0) is 24.4. The highest BCUT2D eigenvalue weighted by Crippen LogP contribution is 2.37. The van der Waals surface area contributed by atoms with Crippen LogP contribution in [-0.2, 0) is 16.1 Å². The fourth-order valence-corrected chi connectivity index (χ4v) is 5.36. The highest BCUT2D eigenvalue weighted by molar-refractivity contribution is 5.78. The predicted molar refractivity (Wildman–Crippen MR) is 127 cm³/mol. The van der Waals surface area contributed by atoms with Crippen LogP contribution in [0.3, 0.4) is 0 Å². The number of carbonyl (C=O) groups excluding carboxylic acids is 1. The fourth-order valence-electron chi connectivity index (χ4n) is 5.36. The number of rotatable bonds is 5. The number of pyridine rings is 1. The van der Waals surface area contributed by atoms with Gasteiger partial charge in [0, 0.05) is 42.8 Å². The molecule has 1 amide bonds. The molecule has 0 spiro atoms. The summed E-state index contributed by atoms with van der Waals surface area (Å²) in [4.78, 5) is 27.4. The van der Waals surface area contributed by atoms with E-state index >= 15 is 0 Å². The van der Waals surface area contributed by atoms with Crippen molar-refractivity contribution in [3.63, 3.8) is 0 Å². The third-order valence-corrected chi connectivity index (χ3v) is 7.16. The Bertz CT molecular complexity index is 1260. The normalized spacial score (nSPS) is 22.2. The topological polar surface area (TPSA) is 84.0 Å². The van der Waals surface area contributed by atoms with Crippen LogP contribution < -0.4 is 0 Å². The zero-order valence-corrected chi connectivity index (χ0v) is 19.7. The number of benzene rings is 1. The quantitative estimate of drug-likeness (QED) is 0.529. The van der Waals surface area contributed by atoms with Crippen LogP contribution in [0.15, 0.2) is 49.1 Å². The summed E-state index contributed by atoms with van der Waals surface area (Å²) in [5.74, 6) is 0.900. The van der Waals surface area contributed by atoms with Crippen molar-refractivity contribution in [2.45, 2.75) is 51.5 Å². The summed E-state index contributed by atoms with van der Waals surface area (Å²) in [6, 6.07) is 8.84. The second-order valence-corrected chi connectivity index (χ2v) is 9.50. The lowest BCUT2D eigenvalue weighted by Crippen LogP contribution is -2.36. The molecule has 1 saturated heterocycles. The first-order valence-electron chi connectivity index (χ1n) is 12.1. The van der Waals surface area contributed by atoms with Crippen molar-refractivity contribution in [2.24, 2.45) is 11.8 Å². The molecule has 3 aromatic rings. The highest BCUT2D eigenvalue weighted by Gasteiger charge is 2.37. The van der Waals surface area contributed by atoms with Crippen LogP contribution in [0.4, 0.5) is 4.39 Å². The maximum atomic E-state index is 14.4. The third kappa shape index (κ3) is 4.96. The lowest BCUT2D eigenvalue weighted by molar-refractivity contribution is -0.183. The third-order valence-electron chi connectivity index (χ3n) is 7.16. The number of hydrogen-bond acceptors (Lipinski definition) is 5. The van der Waals surface area contributed by atoms with Gasteiger partial charge in [0.25, 0.3) is 0 Å². The van der Waals surface area contributed by atoms with E-state index in [0.29, 0.717) is 24.5 Å². The van der Waals surface area contributed by atoms with Crippen molar-refractivity contribution in [3.8, 4) is 11.8 Å². The van der Waals surface area contributed by atoms with Crippen molar-refractivity contribution in [1.82, 2.24) is 19.6 Å². The molecular formula is C27H28FN5O2. The predicted octanol–water partition coefficient (Wildman–Crippen LogP) is 4.84. The Labute approximate surface area is 204 Å². The number of halogens is 1. The first-order valence-corrected chi connectivity index (χ1v) is 12.1. The molecule has 0 unspecified atom stereocenters. The number of hydrogen-bond donors (Lipinski definition) is 0. The Balaban J connectivity index is 1.21. The number of carbonyl (C=O) groups is 1. The molecule has 2 aromatic heterocycles. The summed E-state index contributed by atoms with van der Waals surface area (Å²) in [5.41, 5.74) is 3.06. The Morgan fingerprint density at radius 1 is 1.17 bits per heavy atom. The van der Waals surface area contributed by atoms with E-state index in [-0.39, 0.29) is 23.7 Å². The molecular weight excluding hydrogens is 445 g/mol. The fraction of sp³-hybridized carbons (Fsp3) is 0.407. The molecule has 3 heterocycles. The van der Waals surface area contributed by atoms with Crippen LogP contribution >= 0.6 is 0 Å². The van der Waals surface area contributed by atoms with Crippen molar-refractivity contribution in [1.29, 1.82) is 5.26 Å². The molecule has 1 aliphatic carbocycles. The van der Waals surface area contributed by atoms with Crippen molar-refractivity contribution in [3.05, 3.63) is 77.4 Å². The first kappa shape index (κ1) is 23.2. The first-order chi connectivity index (χ1) is 17.0. The summed E-state index contributed by atoms with van der Waals surface area (Å²) >= 11 is 0. The molecule has 1 saturated carbocycles. The van der Waals surface area contributed by atoms with Gasteiger partial charge in [0.15, 0.2) is 0 Å². The maximum Gasteiger partial charge on any atom is 0.249 e. The lowest BCUT2D eigenvalue weighted by Gasteiger charge is -2.32. The van der Waals surface area contributed by atoms with Gasteiger partial charge >= 0.3 is 0 Å². The van der Waals surface area contributed by atoms with E-state index in [9.17, 15) is 14.4 Å². The average Bonchev–Trinajstić information content (AvgIpc) is 3.53. The van der Waals surface area contributed by atoms with Crippen molar-refractivity contribution >= 4 is 5.91 Å². The minimum atomic E-state index is -0.248. The van der Waals surface area contributed by atoms with Gasteiger partial charge in [-0.2, -0.15) is 5.26 Å². The molecule has 8 heteroatoms. The molecule has 180 valence electrons. The zero-order valence-electron chi connectivity index (χ0n) is 19.7. The maximum absolute atomic E-state index is 14.4. The summed E-state index contributed by atoms with van der Waals surface area (Å²) in [7, 11) is 0.